The van der Waals surface area contributed by atoms with Crippen LogP contribution in [0.4, 0.5) is 10.5 Å². The van der Waals surface area contributed by atoms with Crippen molar-refractivity contribution in [2.75, 3.05) is 5.32 Å². The van der Waals surface area contributed by atoms with Gasteiger partial charge in [0.05, 0.1) is 5.69 Å². The molecule has 2 amide bonds. The van der Waals surface area contributed by atoms with E-state index in [9.17, 15) is 4.79 Å². The third-order valence-corrected chi connectivity index (χ3v) is 3.61. The van der Waals surface area contributed by atoms with Crippen molar-refractivity contribution in [3.05, 3.63) is 30.7 Å². The van der Waals surface area contributed by atoms with Gasteiger partial charge in [-0.25, -0.2) is 9.78 Å². The molecule has 0 radical (unpaired) electrons. The summed E-state index contributed by atoms with van der Waals surface area (Å²) in [5, 5.41) is 5.92. The van der Waals surface area contributed by atoms with E-state index in [-0.39, 0.29) is 6.03 Å². The number of anilines is 1. The molecule has 5 nitrogen and oxygen atoms in total. The van der Waals surface area contributed by atoms with Crippen LogP contribution in [0, 0.1) is 0 Å². The lowest BCUT2D eigenvalue weighted by atomic mass is 9.96. The quantitative estimate of drug-likeness (QED) is 0.870. The van der Waals surface area contributed by atoms with E-state index in [1.54, 1.807) is 6.20 Å². The minimum Gasteiger partial charge on any atom is -0.335 e. The van der Waals surface area contributed by atoms with Crippen LogP contribution in [0.1, 0.15) is 32.1 Å². The summed E-state index contributed by atoms with van der Waals surface area (Å²) in [4.78, 5) is 16.2. The van der Waals surface area contributed by atoms with Gasteiger partial charge in [-0.05, 0) is 25.0 Å². The molecule has 2 heterocycles. The Kier molecular flexibility index (Phi) is 3.35. The lowest BCUT2D eigenvalue weighted by molar-refractivity contribution is 0.244. The zero-order valence-corrected chi connectivity index (χ0v) is 10.8. The monoisotopic (exact) mass is 258 g/mol. The van der Waals surface area contributed by atoms with Crippen LogP contribution < -0.4 is 10.6 Å². The molecule has 0 atom stereocenters. The van der Waals surface area contributed by atoms with Crippen LogP contribution in [-0.4, -0.2) is 21.5 Å². The molecule has 1 saturated carbocycles. The lowest BCUT2D eigenvalue weighted by Crippen LogP contribution is -2.39. The van der Waals surface area contributed by atoms with Crippen LogP contribution >= 0.6 is 0 Å². The Morgan fingerprint density at radius 1 is 1.26 bits per heavy atom. The van der Waals surface area contributed by atoms with Gasteiger partial charge in [-0.1, -0.05) is 19.3 Å². The summed E-state index contributed by atoms with van der Waals surface area (Å²) in [5.41, 5.74) is 1.50. The molecule has 5 heteroatoms. The summed E-state index contributed by atoms with van der Waals surface area (Å²) in [6.07, 6.45) is 11.4. The number of imidazole rings is 1. The number of rotatable bonds is 2. The number of hydrogen-bond donors (Lipinski definition) is 2. The number of urea groups is 1. The van der Waals surface area contributed by atoms with Crippen LogP contribution in [-0.2, 0) is 0 Å². The number of fused-ring (bicyclic) bond motifs is 1. The van der Waals surface area contributed by atoms with Gasteiger partial charge in [0, 0.05) is 24.6 Å². The third kappa shape index (κ3) is 2.70. The number of nitrogens with zero attached hydrogens (tertiary/aromatic N) is 2. The molecule has 3 rings (SSSR count). The second-order valence-corrected chi connectivity index (χ2v) is 5.01. The predicted molar refractivity (Wildman–Crippen MR) is 74.2 cm³/mol. The molecule has 19 heavy (non-hydrogen) atoms. The van der Waals surface area contributed by atoms with Gasteiger partial charge in [-0.2, -0.15) is 0 Å². The molecular formula is C14H18N4O. The molecule has 1 fully saturated rings. The van der Waals surface area contributed by atoms with Gasteiger partial charge in [0.1, 0.15) is 0 Å². The normalized spacial score (nSPS) is 16.4. The van der Waals surface area contributed by atoms with Gasteiger partial charge in [0.25, 0.3) is 0 Å². The van der Waals surface area contributed by atoms with Crippen molar-refractivity contribution in [3.63, 3.8) is 0 Å². The Hall–Kier alpha value is -2.04. The summed E-state index contributed by atoms with van der Waals surface area (Å²) in [6, 6.07) is 3.93. The molecular weight excluding hydrogens is 240 g/mol. The molecule has 2 aromatic rings. The third-order valence-electron chi connectivity index (χ3n) is 3.61. The zero-order chi connectivity index (χ0) is 13.1. The fourth-order valence-electron chi connectivity index (χ4n) is 2.64. The van der Waals surface area contributed by atoms with Crippen molar-refractivity contribution >= 4 is 17.4 Å². The number of carbonyl (C=O) groups excluding carboxylic acids is 1. The summed E-state index contributed by atoms with van der Waals surface area (Å²) >= 11 is 0. The van der Waals surface area contributed by atoms with Crippen LogP contribution in [0.15, 0.2) is 30.7 Å². The van der Waals surface area contributed by atoms with Crippen LogP contribution in [0.25, 0.3) is 5.65 Å². The molecule has 0 unspecified atom stereocenters. The molecule has 1 aliphatic rings. The van der Waals surface area contributed by atoms with Crippen molar-refractivity contribution < 1.29 is 4.79 Å². The standard InChI is InChI=1S/C14H18N4O/c19-14(16-11-5-2-1-3-6-11)17-12-7-4-9-18-10-8-15-13(12)18/h4,7-11H,1-3,5-6H2,(H2,16,17,19). The van der Waals surface area contributed by atoms with Crippen LogP contribution in [0.5, 0.6) is 0 Å². The fourth-order valence-corrected chi connectivity index (χ4v) is 2.64. The Morgan fingerprint density at radius 2 is 2.11 bits per heavy atom. The molecule has 0 saturated heterocycles. The summed E-state index contributed by atoms with van der Waals surface area (Å²) in [5.74, 6) is 0. The Morgan fingerprint density at radius 3 is 2.95 bits per heavy atom. The fraction of sp³-hybridized carbons (Fsp3) is 0.429. The van der Waals surface area contributed by atoms with E-state index in [1.807, 2.05) is 28.9 Å². The average Bonchev–Trinajstić information content (AvgIpc) is 2.89. The highest BCUT2D eigenvalue weighted by Gasteiger charge is 2.16. The molecule has 1 aliphatic carbocycles. The number of pyridine rings is 1. The van der Waals surface area contributed by atoms with E-state index in [1.165, 1.54) is 19.3 Å². The van der Waals surface area contributed by atoms with Crippen molar-refractivity contribution in [1.82, 2.24) is 14.7 Å². The predicted octanol–water partition coefficient (Wildman–Crippen LogP) is 2.79. The molecule has 0 spiro atoms. The first-order valence-electron chi connectivity index (χ1n) is 6.82. The summed E-state index contributed by atoms with van der Waals surface area (Å²) in [6.45, 7) is 0. The summed E-state index contributed by atoms with van der Waals surface area (Å²) in [7, 11) is 0. The number of aromatic nitrogens is 2. The SMILES string of the molecule is O=C(Nc1cccn2ccnc12)NC1CCCCC1. The van der Waals surface area contributed by atoms with Gasteiger partial charge in [0.2, 0.25) is 0 Å². The molecule has 0 bridgehead atoms. The highest BCUT2D eigenvalue weighted by molar-refractivity contribution is 5.93. The first-order chi connectivity index (χ1) is 9.33. The van der Waals surface area contributed by atoms with E-state index >= 15 is 0 Å². The van der Waals surface area contributed by atoms with Gasteiger partial charge in [-0.3, -0.25) is 0 Å². The van der Waals surface area contributed by atoms with E-state index in [0.717, 1.165) is 24.2 Å². The Labute approximate surface area is 112 Å². The number of nitrogens with one attached hydrogen (secondary N) is 2. The molecule has 2 N–H and O–H groups in total. The Bertz CT molecular complexity index is 572. The molecule has 0 aliphatic heterocycles. The van der Waals surface area contributed by atoms with Crippen LogP contribution in [0.2, 0.25) is 0 Å². The minimum atomic E-state index is -0.136. The van der Waals surface area contributed by atoms with Gasteiger partial charge in [-0.15, -0.1) is 0 Å². The zero-order valence-electron chi connectivity index (χ0n) is 10.8. The number of amides is 2. The smallest absolute Gasteiger partial charge is 0.319 e. The Balaban J connectivity index is 1.67. The molecule has 100 valence electrons. The van der Waals surface area contributed by atoms with Crippen LogP contribution in [0.3, 0.4) is 0 Å². The second-order valence-electron chi connectivity index (χ2n) is 5.01. The van der Waals surface area contributed by atoms with Gasteiger partial charge < -0.3 is 15.0 Å². The highest BCUT2D eigenvalue weighted by atomic mass is 16.2. The maximum atomic E-state index is 12.0. The van der Waals surface area contributed by atoms with E-state index in [4.69, 9.17) is 0 Å². The maximum absolute atomic E-state index is 12.0. The van der Waals surface area contributed by atoms with Crippen molar-refractivity contribution in [1.29, 1.82) is 0 Å². The maximum Gasteiger partial charge on any atom is 0.319 e. The van der Waals surface area contributed by atoms with E-state index in [2.05, 4.69) is 15.6 Å². The molecule has 0 aromatic carbocycles. The first-order valence-corrected chi connectivity index (χ1v) is 6.82. The summed E-state index contributed by atoms with van der Waals surface area (Å²) < 4.78 is 1.89. The second kappa shape index (κ2) is 5.30. The van der Waals surface area contributed by atoms with E-state index in [0.29, 0.717) is 6.04 Å². The van der Waals surface area contributed by atoms with Crippen molar-refractivity contribution in [2.24, 2.45) is 0 Å². The number of carbonyl (C=O) groups is 1. The lowest BCUT2D eigenvalue weighted by Gasteiger charge is -2.22. The topological polar surface area (TPSA) is 58.4 Å². The van der Waals surface area contributed by atoms with Gasteiger partial charge >= 0.3 is 6.03 Å². The van der Waals surface area contributed by atoms with Crippen molar-refractivity contribution in [3.8, 4) is 0 Å². The molecule has 2 aromatic heterocycles. The average molecular weight is 258 g/mol. The van der Waals surface area contributed by atoms with Gasteiger partial charge in [0.15, 0.2) is 5.65 Å². The highest BCUT2D eigenvalue weighted by Crippen LogP contribution is 2.18. The largest absolute Gasteiger partial charge is 0.335 e. The van der Waals surface area contributed by atoms with Crippen molar-refractivity contribution in [2.45, 2.75) is 38.1 Å². The number of hydrogen-bond acceptors (Lipinski definition) is 2. The minimum absolute atomic E-state index is 0.136. The first kappa shape index (κ1) is 12.0. The van der Waals surface area contributed by atoms with E-state index < -0.39 is 0 Å².